The lowest BCUT2D eigenvalue weighted by atomic mass is 10.2. The van der Waals surface area contributed by atoms with Crippen LogP contribution in [0, 0.1) is 6.92 Å². The number of carbonyl (C=O) groups is 1. The lowest BCUT2D eigenvalue weighted by Gasteiger charge is -2.26. The molecule has 6 nitrogen and oxygen atoms in total. The Bertz CT molecular complexity index is 972. The monoisotopic (exact) mass is 429 g/mol. The van der Waals surface area contributed by atoms with Crippen molar-refractivity contribution in [3.63, 3.8) is 0 Å². The highest BCUT2D eigenvalue weighted by molar-refractivity contribution is 7.89. The molecule has 0 aromatic heterocycles. The summed E-state index contributed by atoms with van der Waals surface area (Å²) in [5, 5.41) is 0.568. The SMILES string of the molecule is Cc1cc(Cl)ccc1OC(=O)c1ccc(Cl)c(S(=O)(=O)N2CCOCC2)c1. The Labute approximate surface area is 167 Å². The minimum atomic E-state index is -3.84. The van der Waals surface area contributed by atoms with Crippen molar-refractivity contribution in [2.75, 3.05) is 26.3 Å². The Kier molecular flexibility index (Phi) is 6.08. The molecule has 1 heterocycles. The third-order valence-corrected chi connectivity index (χ3v) is 6.71. The molecule has 0 aliphatic carbocycles. The minimum Gasteiger partial charge on any atom is -0.423 e. The van der Waals surface area contributed by atoms with Crippen molar-refractivity contribution in [1.82, 2.24) is 4.31 Å². The fourth-order valence-electron chi connectivity index (χ4n) is 2.64. The van der Waals surface area contributed by atoms with Gasteiger partial charge in [0, 0.05) is 18.1 Å². The predicted molar refractivity (Wildman–Crippen MR) is 102 cm³/mol. The number of morpholine rings is 1. The number of esters is 1. The number of sulfonamides is 1. The van der Waals surface area contributed by atoms with Crippen LogP contribution in [0.15, 0.2) is 41.3 Å². The molecule has 9 heteroatoms. The van der Waals surface area contributed by atoms with Gasteiger partial charge in [-0.1, -0.05) is 23.2 Å². The number of hydrogen-bond acceptors (Lipinski definition) is 5. The van der Waals surface area contributed by atoms with E-state index in [1.54, 1.807) is 25.1 Å². The molecule has 1 aliphatic heterocycles. The molecule has 0 unspecified atom stereocenters. The van der Waals surface area contributed by atoms with Crippen LogP contribution in [-0.4, -0.2) is 45.0 Å². The zero-order valence-corrected chi connectivity index (χ0v) is 16.8. The first-order valence-corrected chi connectivity index (χ1v) is 10.3. The van der Waals surface area contributed by atoms with E-state index in [0.717, 1.165) is 0 Å². The van der Waals surface area contributed by atoms with Crippen LogP contribution in [0.25, 0.3) is 0 Å². The van der Waals surface area contributed by atoms with Crippen molar-refractivity contribution in [3.8, 4) is 5.75 Å². The largest absolute Gasteiger partial charge is 0.423 e. The predicted octanol–water partition coefficient (Wildman–Crippen LogP) is 3.54. The Morgan fingerprint density at radius 3 is 2.48 bits per heavy atom. The second-order valence-corrected chi connectivity index (χ2v) is 8.71. The summed E-state index contributed by atoms with van der Waals surface area (Å²) in [6, 6.07) is 8.89. The quantitative estimate of drug-likeness (QED) is 0.548. The summed E-state index contributed by atoms with van der Waals surface area (Å²) >= 11 is 12.0. The number of rotatable bonds is 4. The van der Waals surface area contributed by atoms with E-state index < -0.39 is 16.0 Å². The number of carbonyl (C=O) groups excluding carboxylic acids is 1. The third-order valence-electron chi connectivity index (χ3n) is 4.09. The number of nitrogens with zero attached hydrogens (tertiary/aromatic N) is 1. The number of ether oxygens (including phenoxy) is 2. The van der Waals surface area contributed by atoms with E-state index in [1.807, 2.05) is 0 Å². The molecule has 0 radical (unpaired) electrons. The standard InChI is InChI=1S/C18H17Cl2NO5S/c1-12-10-14(19)3-5-16(12)26-18(22)13-2-4-15(20)17(11-13)27(23,24)21-6-8-25-9-7-21/h2-5,10-11H,6-9H2,1H3. The molecule has 144 valence electrons. The molecule has 0 atom stereocenters. The average Bonchev–Trinajstić information content (AvgIpc) is 2.65. The van der Waals surface area contributed by atoms with Gasteiger partial charge in [0.15, 0.2) is 0 Å². The van der Waals surface area contributed by atoms with Crippen molar-refractivity contribution in [2.45, 2.75) is 11.8 Å². The highest BCUT2D eigenvalue weighted by Crippen LogP contribution is 2.28. The van der Waals surface area contributed by atoms with Gasteiger partial charge in [0.05, 0.1) is 23.8 Å². The van der Waals surface area contributed by atoms with Crippen molar-refractivity contribution < 1.29 is 22.7 Å². The Morgan fingerprint density at radius 2 is 1.81 bits per heavy atom. The van der Waals surface area contributed by atoms with Crippen molar-refractivity contribution in [2.24, 2.45) is 0 Å². The second kappa shape index (κ2) is 8.16. The van der Waals surface area contributed by atoms with Crippen LogP contribution in [-0.2, 0) is 14.8 Å². The van der Waals surface area contributed by atoms with Crippen LogP contribution in [0.1, 0.15) is 15.9 Å². The van der Waals surface area contributed by atoms with Crippen molar-refractivity contribution >= 4 is 39.2 Å². The van der Waals surface area contributed by atoms with Crippen LogP contribution >= 0.6 is 23.2 Å². The van der Waals surface area contributed by atoms with Gasteiger partial charge in [-0.2, -0.15) is 4.31 Å². The fraction of sp³-hybridized carbons (Fsp3) is 0.278. The lowest BCUT2D eigenvalue weighted by molar-refractivity contribution is 0.0727. The minimum absolute atomic E-state index is 0.0423. The molecular weight excluding hydrogens is 413 g/mol. The molecule has 0 bridgehead atoms. The van der Waals surface area contributed by atoms with Gasteiger partial charge in [-0.25, -0.2) is 13.2 Å². The van der Waals surface area contributed by atoms with Gasteiger partial charge in [-0.15, -0.1) is 0 Å². The van der Waals surface area contributed by atoms with Crippen LogP contribution in [0.5, 0.6) is 5.75 Å². The number of benzene rings is 2. The molecule has 2 aromatic carbocycles. The van der Waals surface area contributed by atoms with E-state index in [-0.39, 0.29) is 28.6 Å². The van der Waals surface area contributed by atoms with E-state index in [9.17, 15) is 13.2 Å². The van der Waals surface area contributed by atoms with E-state index in [2.05, 4.69) is 0 Å². The van der Waals surface area contributed by atoms with Gasteiger partial charge in [-0.05, 0) is 48.9 Å². The molecular formula is C18H17Cl2NO5S. The normalized spacial score (nSPS) is 15.5. The van der Waals surface area contributed by atoms with Gasteiger partial charge in [-0.3, -0.25) is 0 Å². The third kappa shape index (κ3) is 4.44. The molecule has 27 heavy (non-hydrogen) atoms. The summed E-state index contributed by atoms with van der Waals surface area (Å²) < 4.78 is 37.5. The Hall–Kier alpha value is -1.64. The summed E-state index contributed by atoms with van der Waals surface area (Å²) in [7, 11) is -3.84. The summed E-state index contributed by atoms with van der Waals surface area (Å²) in [4.78, 5) is 12.4. The molecule has 2 aromatic rings. The van der Waals surface area contributed by atoms with Gasteiger partial charge >= 0.3 is 5.97 Å². The van der Waals surface area contributed by atoms with E-state index >= 15 is 0 Å². The summed E-state index contributed by atoms with van der Waals surface area (Å²) in [6.07, 6.45) is 0. The molecule has 1 fully saturated rings. The maximum atomic E-state index is 12.9. The highest BCUT2D eigenvalue weighted by atomic mass is 35.5. The first-order chi connectivity index (χ1) is 12.8. The van der Waals surface area contributed by atoms with E-state index in [1.165, 1.54) is 22.5 Å². The average molecular weight is 430 g/mol. The van der Waals surface area contributed by atoms with Crippen LogP contribution < -0.4 is 4.74 Å². The van der Waals surface area contributed by atoms with E-state index in [0.29, 0.717) is 29.5 Å². The number of hydrogen-bond donors (Lipinski definition) is 0. The summed E-state index contributed by atoms with van der Waals surface area (Å²) in [5.41, 5.74) is 0.770. The van der Waals surface area contributed by atoms with E-state index in [4.69, 9.17) is 32.7 Å². The number of halogens is 2. The molecule has 0 amide bonds. The van der Waals surface area contributed by atoms with Crippen molar-refractivity contribution in [1.29, 1.82) is 0 Å². The second-order valence-electron chi connectivity index (χ2n) is 5.96. The number of aryl methyl sites for hydroxylation is 1. The summed E-state index contributed by atoms with van der Waals surface area (Å²) in [6.45, 7) is 2.85. The van der Waals surface area contributed by atoms with Gasteiger partial charge in [0.25, 0.3) is 0 Å². The smallest absolute Gasteiger partial charge is 0.343 e. The first-order valence-electron chi connectivity index (χ1n) is 8.15. The van der Waals surface area contributed by atoms with Gasteiger partial charge < -0.3 is 9.47 Å². The van der Waals surface area contributed by atoms with Crippen LogP contribution in [0.4, 0.5) is 0 Å². The molecule has 0 N–H and O–H groups in total. The van der Waals surface area contributed by atoms with Gasteiger partial charge in [0.2, 0.25) is 10.0 Å². The summed E-state index contributed by atoms with van der Waals surface area (Å²) in [5.74, 6) is -0.340. The lowest BCUT2D eigenvalue weighted by Crippen LogP contribution is -2.40. The van der Waals surface area contributed by atoms with Crippen LogP contribution in [0.2, 0.25) is 10.0 Å². The van der Waals surface area contributed by atoms with Crippen molar-refractivity contribution in [3.05, 3.63) is 57.6 Å². The fourth-order valence-corrected chi connectivity index (χ4v) is 4.78. The highest BCUT2D eigenvalue weighted by Gasteiger charge is 2.29. The molecule has 3 rings (SSSR count). The first kappa shape index (κ1) is 20.1. The molecule has 1 saturated heterocycles. The molecule has 0 saturated carbocycles. The Balaban J connectivity index is 1.89. The van der Waals surface area contributed by atoms with Gasteiger partial charge in [0.1, 0.15) is 10.6 Å². The maximum absolute atomic E-state index is 12.9. The Morgan fingerprint density at radius 1 is 1.11 bits per heavy atom. The zero-order chi connectivity index (χ0) is 19.6. The molecule has 0 spiro atoms. The maximum Gasteiger partial charge on any atom is 0.343 e. The topological polar surface area (TPSA) is 72.9 Å². The zero-order valence-electron chi connectivity index (χ0n) is 14.4. The van der Waals surface area contributed by atoms with Crippen LogP contribution in [0.3, 0.4) is 0 Å². The molecule has 1 aliphatic rings.